The Morgan fingerprint density at radius 2 is 1.95 bits per heavy atom. The molecule has 0 spiro atoms. The van der Waals surface area contributed by atoms with Crippen molar-refractivity contribution in [3.63, 3.8) is 0 Å². The highest BCUT2D eigenvalue weighted by molar-refractivity contribution is 6.33. The molecule has 0 aromatic heterocycles. The summed E-state index contributed by atoms with van der Waals surface area (Å²) in [6.07, 6.45) is -0.571. The first kappa shape index (κ1) is 15.8. The number of aliphatic carboxylic acids is 2. The molecule has 1 atom stereocenters. The molecule has 0 heterocycles. The molecule has 8 heteroatoms. The average Bonchev–Trinajstić information content (AvgIpc) is 2.36. The topological polar surface area (TPSA) is 130 Å². The molecule has 0 radical (unpaired) electrons. The summed E-state index contributed by atoms with van der Waals surface area (Å²) in [5.74, 6) is -3.10. The highest BCUT2D eigenvalue weighted by Crippen LogP contribution is 2.19. The molecule has 1 amide bonds. The van der Waals surface area contributed by atoms with Crippen molar-refractivity contribution >= 4 is 35.1 Å². The van der Waals surface area contributed by atoms with E-state index in [1.54, 1.807) is 0 Å². The molecule has 20 heavy (non-hydrogen) atoms. The van der Waals surface area contributed by atoms with Crippen LogP contribution >= 0.6 is 11.6 Å². The molecule has 1 aromatic carbocycles. The van der Waals surface area contributed by atoms with E-state index in [0.717, 1.165) is 0 Å². The minimum Gasteiger partial charge on any atom is -0.481 e. The number of halogens is 1. The van der Waals surface area contributed by atoms with Crippen LogP contribution in [0.1, 0.15) is 23.2 Å². The zero-order chi connectivity index (χ0) is 15.3. The van der Waals surface area contributed by atoms with Crippen molar-refractivity contribution in [1.29, 1.82) is 0 Å². The highest BCUT2D eigenvalue weighted by atomic mass is 35.5. The molecular weight excluding hydrogens is 288 g/mol. The van der Waals surface area contributed by atoms with Gasteiger partial charge in [-0.1, -0.05) is 11.6 Å². The van der Waals surface area contributed by atoms with Gasteiger partial charge in [0.05, 0.1) is 10.7 Å². The SMILES string of the molecule is Nc1ccc(C(=O)NC(CCC(=O)O)C(=O)O)cc1Cl. The van der Waals surface area contributed by atoms with Gasteiger partial charge in [0.15, 0.2) is 0 Å². The van der Waals surface area contributed by atoms with Crippen LogP contribution in [-0.4, -0.2) is 34.1 Å². The quantitative estimate of drug-likeness (QED) is 0.579. The lowest BCUT2D eigenvalue weighted by Crippen LogP contribution is -2.41. The summed E-state index contributed by atoms with van der Waals surface area (Å²) in [5.41, 5.74) is 5.94. The summed E-state index contributed by atoms with van der Waals surface area (Å²) in [7, 11) is 0. The highest BCUT2D eigenvalue weighted by Gasteiger charge is 2.21. The predicted molar refractivity (Wildman–Crippen MR) is 71.6 cm³/mol. The summed E-state index contributed by atoms with van der Waals surface area (Å²) >= 11 is 5.76. The van der Waals surface area contributed by atoms with Gasteiger partial charge in [0, 0.05) is 12.0 Å². The Morgan fingerprint density at radius 1 is 1.30 bits per heavy atom. The van der Waals surface area contributed by atoms with Gasteiger partial charge in [-0.2, -0.15) is 0 Å². The van der Waals surface area contributed by atoms with Gasteiger partial charge in [-0.25, -0.2) is 4.79 Å². The third-order valence-electron chi connectivity index (χ3n) is 2.51. The number of rotatable bonds is 6. The largest absolute Gasteiger partial charge is 0.481 e. The average molecular weight is 301 g/mol. The second kappa shape index (κ2) is 6.76. The third kappa shape index (κ3) is 4.43. The number of amides is 1. The standard InChI is InChI=1S/C12H13ClN2O5/c13-7-5-6(1-2-8(7)14)11(18)15-9(12(19)20)3-4-10(16)17/h1-2,5,9H,3-4,14H2,(H,15,18)(H,16,17)(H,19,20). The maximum Gasteiger partial charge on any atom is 0.326 e. The van der Waals surface area contributed by atoms with Crippen molar-refractivity contribution in [3.05, 3.63) is 28.8 Å². The van der Waals surface area contributed by atoms with E-state index < -0.39 is 23.9 Å². The van der Waals surface area contributed by atoms with Crippen LogP contribution in [0.2, 0.25) is 5.02 Å². The molecule has 0 aliphatic heterocycles. The number of nitrogen functional groups attached to an aromatic ring is 1. The Labute approximate surface area is 119 Å². The van der Waals surface area contributed by atoms with Crippen LogP contribution in [-0.2, 0) is 9.59 Å². The molecule has 0 saturated heterocycles. The monoisotopic (exact) mass is 300 g/mol. The van der Waals surface area contributed by atoms with Crippen LogP contribution in [0.15, 0.2) is 18.2 Å². The zero-order valence-corrected chi connectivity index (χ0v) is 11.1. The van der Waals surface area contributed by atoms with E-state index in [1.165, 1.54) is 18.2 Å². The molecule has 1 unspecified atom stereocenters. The van der Waals surface area contributed by atoms with Crippen LogP contribution in [0.25, 0.3) is 0 Å². The number of hydrogen-bond acceptors (Lipinski definition) is 4. The molecule has 1 aromatic rings. The zero-order valence-electron chi connectivity index (χ0n) is 10.3. The van der Waals surface area contributed by atoms with E-state index >= 15 is 0 Å². The number of anilines is 1. The number of nitrogens with two attached hydrogens (primary N) is 1. The minimum atomic E-state index is -1.30. The first-order chi connectivity index (χ1) is 9.31. The molecule has 5 N–H and O–H groups in total. The van der Waals surface area contributed by atoms with Crippen molar-refractivity contribution in [3.8, 4) is 0 Å². The van der Waals surface area contributed by atoms with E-state index in [4.69, 9.17) is 27.5 Å². The van der Waals surface area contributed by atoms with Crippen molar-refractivity contribution < 1.29 is 24.6 Å². The van der Waals surface area contributed by atoms with E-state index in [-0.39, 0.29) is 23.4 Å². The Kier molecular flexibility index (Phi) is 5.33. The lowest BCUT2D eigenvalue weighted by molar-refractivity contribution is -0.140. The van der Waals surface area contributed by atoms with Crippen molar-refractivity contribution in [1.82, 2.24) is 5.32 Å². The Morgan fingerprint density at radius 3 is 2.45 bits per heavy atom. The van der Waals surface area contributed by atoms with E-state index in [2.05, 4.69) is 5.32 Å². The molecule has 0 saturated carbocycles. The number of nitrogens with one attached hydrogen (secondary N) is 1. The minimum absolute atomic E-state index is 0.144. The fraction of sp³-hybridized carbons (Fsp3) is 0.250. The van der Waals surface area contributed by atoms with Crippen LogP contribution in [0, 0.1) is 0 Å². The number of carboxylic acids is 2. The van der Waals surface area contributed by atoms with Crippen LogP contribution in [0.5, 0.6) is 0 Å². The second-order valence-corrected chi connectivity index (χ2v) is 4.44. The number of carbonyl (C=O) groups is 3. The Hall–Kier alpha value is -2.28. The van der Waals surface area contributed by atoms with Gasteiger partial charge < -0.3 is 21.3 Å². The molecule has 0 aliphatic rings. The van der Waals surface area contributed by atoms with Crippen LogP contribution < -0.4 is 11.1 Å². The van der Waals surface area contributed by atoms with Gasteiger partial charge >= 0.3 is 11.9 Å². The lowest BCUT2D eigenvalue weighted by Gasteiger charge is -2.13. The van der Waals surface area contributed by atoms with E-state index in [9.17, 15) is 14.4 Å². The summed E-state index contributed by atoms with van der Waals surface area (Å²) in [6.45, 7) is 0. The smallest absolute Gasteiger partial charge is 0.326 e. The number of carboxylic acid groups (broad SMARTS) is 2. The van der Waals surface area contributed by atoms with Crippen molar-refractivity contribution in [2.45, 2.75) is 18.9 Å². The summed E-state index contributed by atoms with van der Waals surface area (Å²) < 4.78 is 0. The number of benzene rings is 1. The van der Waals surface area contributed by atoms with E-state index in [1.807, 2.05) is 0 Å². The first-order valence-electron chi connectivity index (χ1n) is 5.61. The van der Waals surface area contributed by atoms with Gasteiger partial charge in [-0.05, 0) is 24.6 Å². The Balaban J connectivity index is 2.77. The van der Waals surface area contributed by atoms with Gasteiger partial charge in [-0.15, -0.1) is 0 Å². The van der Waals surface area contributed by atoms with Crippen LogP contribution in [0.3, 0.4) is 0 Å². The van der Waals surface area contributed by atoms with Gasteiger partial charge in [-0.3, -0.25) is 9.59 Å². The summed E-state index contributed by atoms with van der Waals surface area (Å²) in [5, 5.41) is 19.9. The molecule has 108 valence electrons. The maximum absolute atomic E-state index is 11.8. The molecule has 0 fully saturated rings. The van der Waals surface area contributed by atoms with Gasteiger partial charge in [0.25, 0.3) is 5.91 Å². The summed E-state index contributed by atoms with van der Waals surface area (Å²) in [6, 6.07) is 2.84. The van der Waals surface area contributed by atoms with E-state index in [0.29, 0.717) is 5.69 Å². The van der Waals surface area contributed by atoms with Gasteiger partial charge in [0.1, 0.15) is 6.04 Å². The lowest BCUT2D eigenvalue weighted by atomic mass is 10.1. The second-order valence-electron chi connectivity index (χ2n) is 4.03. The maximum atomic E-state index is 11.8. The predicted octanol–water partition coefficient (Wildman–Crippen LogP) is 0.970. The first-order valence-corrected chi connectivity index (χ1v) is 5.99. The molecule has 7 nitrogen and oxygen atoms in total. The van der Waals surface area contributed by atoms with Gasteiger partial charge in [0.2, 0.25) is 0 Å². The fourth-order valence-corrected chi connectivity index (χ4v) is 1.62. The van der Waals surface area contributed by atoms with Crippen LogP contribution in [0.4, 0.5) is 5.69 Å². The molecule has 0 bridgehead atoms. The third-order valence-corrected chi connectivity index (χ3v) is 2.84. The molecule has 0 aliphatic carbocycles. The van der Waals surface area contributed by atoms with Crippen molar-refractivity contribution in [2.24, 2.45) is 0 Å². The Bertz CT molecular complexity index is 547. The van der Waals surface area contributed by atoms with Crippen molar-refractivity contribution in [2.75, 3.05) is 5.73 Å². The fourth-order valence-electron chi connectivity index (χ4n) is 1.44. The number of hydrogen-bond donors (Lipinski definition) is 4. The number of carbonyl (C=O) groups excluding carboxylic acids is 1. The molecular formula is C12H13ClN2O5. The normalized spacial score (nSPS) is 11.7. The summed E-state index contributed by atoms with van der Waals surface area (Å²) in [4.78, 5) is 33.2. The molecule has 1 rings (SSSR count).